The summed E-state index contributed by atoms with van der Waals surface area (Å²) in [6, 6.07) is 5.69. The van der Waals surface area contributed by atoms with Crippen molar-refractivity contribution in [2.45, 2.75) is 6.92 Å². The maximum atomic E-state index is 12.8. The van der Waals surface area contributed by atoms with Gasteiger partial charge in [-0.2, -0.15) is 0 Å². The first-order chi connectivity index (χ1) is 13.7. The van der Waals surface area contributed by atoms with Crippen molar-refractivity contribution in [2.75, 3.05) is 68.7 Å². The number of nitrogens with zero attached hydrogens (tertiary/aromatic N) is 7. The molecule has 0 unspecified atom stereocenters. The minimum atomic E-state index is 0.0449. The van der Waals surface area contributed by atoms with Crippen LogP contribution in [0.3, 0.4) is 0 Å². The average molecular weight is 381 g/mol. The van der Waals surface area contributed by atoms with Crippen LogP contribution in [0.2, 0.25) is 0 Å². The molecule has 0 radical (unpaired) electrons. The molecule has 0 saturated carbocycles. The van der Waals surface area contributed by atoms with Crippen LogP contribution in [0.15, 0.2) is 36.8 Å². The summed E-state index contributed by atoms with van der Waals surface area (Å²) >= 11 is 0. The molecular formula is C20H27N7O. The van der Waals surface area contributed by atoms with Crippen molar-refractivity contribution in [3.05, 3.63) is 42.4 Å². The Kier molecular flexibility index (Phi) is 5.66. The van der Waals surface area contributed by atoms with E-state index in [1.807, 2.05) is 23.1 Å². The lowest BCUT2D eigenvalue weighted by atomic mass is 10.2. The molecule has 2 aliphatic rings. The summed E-state index contributed by atoms with van der Waals surface area (Å²) in [5.41, 5.74) is 0.653. The van der Waals surface area contributed by atoms with E-state index in [2.05, 4.69) is 36.6 Å². The normalized spacial score (nSPS) is 18.4. The second-order valence-electron chi connectivity index (χ2n) is 7.15. The molecule has 0 bridgehead atoms. The molecule has 4 heterocycles. The van der Waals surface area contributed by atoms with Crippen molar-refractivity contribution in [2.24, 2.45) is 0 Å². The van der Waals surface area contributed by atoms with E-state index < -0.39 is 0 Å². The zero-order valence-corrected chi connectivity index (χ0v) is 16.4. The van der Waals surface area contributed by atoms with E-state index >= 15 is 0 Å². The van der Waals surface area contributed by atoms with E-state index in [0.717, 1.165) is 57.6 Å². The fourth-order valence-corrected chi connectivity index (χ4v) is 3.74. The second-order valence-corrected chi connectivity index (χ2v) is 7.15. The van der Waals surface area contributed by atoms with Gasteiger partial charge in [-0.25, -0.2) is 15.0 Å². The highest BCUT2D eigenvalue weighted by atomic mass is 16.2. The maximum absolute atomic E-state index is 12.8. The largest absolute Gasteiger partial charge is 0.354 e. The second kappa shape index (κ2) is 8.52. The number of amides is 1. The van der Waals surface area contributed by atoms with Crippen LogP contribution in [0.4, 0.5) is 11.8 Å². The molecule has 2 aliphatic heterocycles. The van der Waals surface area contributed by atoms with Crippen LogP contribution >= 0.6 is 0 Å². The van der Waals surface area contributed by atoms with Crippen LogP contribution in [0.1, 0.15) is 17.3 Å². The Labute approximate surface area is 165 Å². The lowest BCUT2D eigenvalue weighted by Crippen LogP contribution is -2.49. The highest BCUT2D eigenvalue weighted by molar-refractivity contribution is 5.94. The summed E-state index contributed by atoms with van der Waals surface area (Å²) in [5.74, 6) is 1.73. The standard InChI is InChI=1S/C20H27N7O/c1-2-24-8-10-25(11-9-24)18-5-4-17(16-23-18)19(28)26-12-14-27(15-13-26)20-21-6-3-7-22-20/h3-7,16H,2,8-15H2,1H3. The number of piperazine rings is 2. The van der Waals surface area contributed by atoms with Crippen molar-refractivity contribution in [1.29, 1.82) is 0 Å². The highest BCUT2D eigenvalue weighted by Crippen LogP contribution is 2.16. The van der Waals surface area contributed by atoms with E-state index in [-0.39, 0.29) is 5.91 Å². The Morgan fingerprint density at radius 2 is 1.57 bits per heavy atom. The van der Waals surface area contributed by atoms with Gasteiger partial charge in [0.25, 0.3) is 5.91 Å². The van der Waals surface area contributed by atoms with Gasteiger partial charge in [-0.15, -0.1) is 0 Å². The Morgan fingerprint density at radius 1 is 0.893 bits per heavy atom. The van der Waals surface area contributed by atoms with Gasteiger partial charge < -0.3 is 19.6 Å². The van der Waals surface area contributed by atoms with Gasteiger partial charge in [0.1, 0.15) is 5.82 Å². The van der Waals surface area contributed by atoms with Crippen molar-refractivity contribution in [3.8, 4) is 0 Å². The Balaban J connectivity index is 1.33. The Morgan fingerprint density at radius 3 is 2.18 bits per heavy atom. The monoisotopic (exact) mass is 381 g/mol. The van der Waals surface area contributed by atoms with Crippen LogP contribution in [0, 0.1) is 0 Å². The topological polar surface area (TPSA) is 68.7 Å². The van der Waals surface area contributed by atoms with Gasteiger partial charge in [0.15, 0.2) is 0 Å². The van der Waals surface area contributed by atoms with Crippen LogP contribution in [0.5, 0.6) is 0 Å². The summed E-state index contributed by atoms with van der Waals surface area (Å²) in [7, 11) is 0. The lowest BCUT2D eigenvalue weighted by Gasteiger charge is -2.35. The van der Waals surface area contributed by atoms with Gasteiger partial charge in [-0.1, -0.05) is 6.92 Å². The van der Waals surface area contributed by atoms with E-state index in [1.54, 1.807) is 18.6 Å². The summed E-state index contributed by atoms with van der Waals surface area (Å²) in [4.78, 5) is 34.7. The number of likely N-dealkylation sites (N-methyl/N-ethyl adjacent to an activating group) is 1. The molecule has 2 fully saturated rings. The first-order valence-corrected chi connectivity index (χ1v) is 9.99. The molecule has 0 aromatic carbocycles. The minimum Gasteiger partial charge on any atom is -0.354 e. The summed E-state index contributed by atoms with van der Waals surface area (Å²) in [6.45, 7) is 10.2. The number of carbonyl (C=O) groups is 1. The molecule has 1 amide bonds. The summed E-state index contributed by atoms with van der Waals surface area (Å²) < 4.78 is 0. The molecular weight excluding hydrogens is 354 g/mol. The maximum Gasteiger partial charge on any atom is 0.255 e. The number of hydrogen-bond donors (Lipinski definition) is 0. The van der Waals surface area contributed by atoms with Crippen molar-refractivity contribution in [3.63, 3.8) is 0 Å². The third-order valence-electron chi connectivity index (χ3n) is 5.54. The van der Waals surface area contributed by atoms with E-state index in [4.69, 9.17) is 0 Å². The molecule has 0 N–H and O–H groups in total. The fraction of sp³-hybridized carbons (Fsp3) is 0.500. The Bertz CT molecular complexity index is 767. The predicted molar refractivity (Wildman–Crippen MR) is 109 cm³/mol. The zero-order valence-electron chi connectivity index (χ0n) is 16.4. The van der Waals surface area contributed by atoms with Gasteiger partial charge in [0.05, 0.1) is 5.56 Å². The molecule has 8 nitrogen and oxygen atoms in total. The van der Waals surface area contributed by atoms with Gasteiger partial charge in [-0.3, -0.25) is 4.79 Å². The molecule has 0 atom stereocenters. The van der Waals surface area contributed by atoms with Crippen LogP contribution < -0.4 is 9.80 Å². The molecule has 2 aromatic rings. The number of aromatic nitrogens is 3. The van der Waals surface area contributed by atoms with E-state index in [0.29, 0.717) is 18.7 Å². The third kappa shape index (κ3) is 4.06. The van der Waals surface area contributed by atoms with Crippen LogP contribution in [-0.2, 0) is 0 Å². The SMILES string of the molecule is CCN1CCN(c2ccc(C(=O)N3CCN(c4ncccn4)CC3)cn2)CC1. The third-order valence-corrected chi connectivity index (χ3v) is 5.54. The minimum absolute atomic E-state index is 0.0449. The average Bonchev–Trinajstić information content (AvgIpc) is 2.79. The number of pyridine rings is 1. The number of hydrogen-bond acceptors (Lipinski definition) is 7. The van der Waals surface area contributed by atoms with Crippen molar-refractivity contribution < 1.29 is 4.79 Å². The van der Waals surface area contributed by atoms with Crippen molar-refractivity contribution in [1.82, 2.24) is 24.8 Å². The molecule has 4 rings (SSSR count). The van der Waals surface area contributed by atoms with E-state index in [1.165, 1.54) is 0 Å². The number of anilines is 2. The Hall–Kier alpha value is -2.74. The molecule has 0 aliphatic carbocycles. The zero-order chi connectivity index (χ0) is 19.3. The van der Waals surface area contributed by atoms with Crippen molar-refractivity contribution >= 4 is 17.7 Å². The van der Waals surface area contributed by atoms with Gasteiger partial charge in [0.2, 0.25) is 5.95 Å². The molecule has 0 spiro atoms. The fourth-order valence-electron chi connectivity index (χ4n) is 3.74. The van der Waals surface area contributed by atoms with E-state index in [9.17, 15) is 4.79 Å². The molecule has 28 heavy (non-hydrogen) atoms. The number of carbonyl (C=O) groups excluding carboxylic acids is 1. The molecule has 8 heteroatoms. The molecule has 2 saturated heterocycles. The first kappa shape index (κ1) is 18.6. The summed E-state index contributed by atoms with van der Waals surface area (Å²) in [5, 5.41) is 0. The predicted octanol–water partition coefficient (Wildman–Crippen LogP) is 0.976. The molecule has 2 aromatic heterocycles. The van der Waals surface area contributed by atoms with Gasteiger partial charge in [0, 0.05) is 70.9 Å². The highest BCUT2D eigenvalue weighted by Gasteiger charge is 2.24. The summed E-state index contributed by atoms with van der Waals surface area (Å²) in [6.07, 6.45) is 5.21. The smallest absolute Gasteiger partial charge is 0.255 e. The lowest BCUT2D eigenvalue weighted by molar-refractivity contribution is 0.0746. The quantitative estimate of drug-likeness (QED) is 0.782. The number of rotatable bonds is 4. The van der Waals surface area contributed by atoms with Crippen LogP contribution in [-0.4, -0.2) is 89.6 Å². The van der Waals surface area contributed by atoms with Gasteiger partial charge in [-0.05, 0) is 24.7 Å². The first-order valence-electron chi connectivity index (χ1n) is 9.99. The van der Waals surface area contributed by atoms with Gasteiger partial charge >= 0.3 is 0 Å². The molecule has 148 valence electrons. The van der Waals surface area contributed by atoms with Crippen LogP contribution in [0.25, 0.3) is 0 Å².